The molecule has 3 rings (SSSR count). The van der Waals surface area contributed by atoms with Crippen LogP contribution in [-0.4, -0.2) is 10.6 Å². The molecule has 0 N–H and O–H groups in total. The van der Waals surface area contributed by atoms with Gasteiger partial charge in [0.15, 0.2) is 5.78 Å². The number of carbonyl (C=O) groups is 1. The third-order valence-corrected chi connectivity index (χ3v) is 4.39. The normalized spacial score (nSPS) is 22.2. The van der Waals surface area contributed by atoms with E-state index in [1.165, 1.54) is 0 Å². The Morgan fingerprint density at radius 2 is 1.18 bits per heavy atom. The van der Waals surface area contributed by atoms with Crippen molar-refractivity contribution < 1.29 is 4.79 Å². The van der Waals surface area contributed by atoms with Crippen molar-refractivity contribution in [1.82, 2.24) is 0 Å². The molecular formula is C20H17BrO. The predicted octanol–water partition coefficient (Wildman–Crippen LogP) is 5.28. The van der Waals surface area contributed by atoms with Gasteiger partial charge in [-0.3, -0.25) is 4.79 Å². The lowest BCUT2D eigenvalue weighted by molar-refractivity contribution is -0.112. The Bertz CT molecular complexity index is 652. The summed E-state index contributed by atoms with van der Waals surface area (Å²) in [6, 6.07) is 20.0. The largest absolute Gasteiger partial charge is 0.289 e. The maximum absolute atomic E-state index is 12.7. The average molecular weight is 353 g/mol. The number of ketones is 1. The van der Waals surface area contributed by atoms with E-state index in [1.54, 1.807) is 0 Å². The molecule has 0 bridgehead atoms. The number of benzene rings is 2. The lowest BCUT2D eigenvalue weighted by atomic mass is 9.86. The SMILES string of the molecule is O=C1/C(=C/c2ccccc2)CC(Br)C/C1=C\c1ccccc1. The van der Waals surface area contributed by atoms with Crippen molar-refractivity contribution >= 4 is 33.9 Å². The predicted molar refractivity (Wildman–Crippen MR) is 95.8 cm³/mol. The second kappa shape index (κ2) is 6.89. The Labute approximate surface area is 139 Å². The van der Waals surface area contributed by atoms with Gasteiger partial charge in [-0.05, 0) is 36.1 Å². The Morgan fingerprint density at radius 1 is 0.773 bits per heavy atom. The minimum absolute atomic E-state index is 0.170. The van der Waals surface area contributed by atoms with Gasteiger partial charge in [-0.25, -0.2) is 0 Å². The third kappa shape index (κ3) is 3.63. The molecule has 22 heavy (non-hydrogen) atoms. The maximum atomic E-state index is 12.7. The highest BCUT2D eigenvalue weighted by atomic mass is 79.9. The number of hydrogen-bond donors (Lipinski definition) is 0. The summed E-state index contributed by atoms with van der Waals surface area (Å²) >= 11 is 3.69. The van der Waals surface area contributed by atoms with Crippen LogP contribution in [0.1, 0.15) is 24.0 Å². The quantitative estimate of drug-likeness (QED) is 0.530. The smallest absolute Gasteiger partial charge is 0.185 e. The summed E-state index contributed by atoms with van der Waals surface area (Å²) in [5, 5.41) is 0. The summed E-state index contributed by atoms with van der Waals surface area (Å²) in [6.07, 6.45) is 5.57. The minimum Gasteiger partial charge on any atom is -0.289 e. The topological polar surface area (TPSA) is 17.1 Å². The zero-order valence-electron chi connectivity index (χ0n) is 12.2. The van der Waals surface area contributed by atoms with Crippen LogP contribution in [0.5, 0.6) is 0 Å². The molecule has 0 saturated heterocycles. The molecule has 2 heteroatoms. The van der Waals surface area contributed by atoms with Crippen molar-refractivity contribution in [2.24, 2.45) is 0 Å². The maximum Gasteiger partial charge on any atom is 0.185 e. The van der Waals surface area contributed by atoms with Crippen LogP contribution in [0.25, 0.3) is 12.2 Å². The van der Waals surface area contributed by atoms with E-state index in [4.69, 9.17) is 0 Å². The molecule has 110 valence electrons. The van der Waals surface area contributed by atoms with E-state index in [9.17, 15) is 4.79 Å². The number of carbonyl (C=O) groups excluding carboxylic acids is 1. The van der Waals surface area contributed by atoms with Crippen LogP contribution in [-0.2, 0) is 4.79 Å². The molecule has 0 aliphatic heterocycles. The van der Waals surface area contributed by atoms with Gasteiger partial charge in [-0.2, -0.15) is 0 Å². The monoisotopic (exact) mass is 352 g/mol. The number of allylic oxidation sites excluding steroid dienone is 2. The number of halogens is 1. The molecule has 1 aliphatic rings. The molecule has 0 unspecified atom stereocenters. The lowest BCUT2D eigenvalue weighted by Gasteiger charge is -2.21. The van der Waals surface area contributed by atoms with E-state index >= 15 is 0 Å². The van der Waals surface area contributed by atoms with Crippen molar-refractivity contribution in [3.63, 3.8) is 0 Å². The fourth-order valence-corrected chi connectivity index (χ4v) is 3.39. The molecule has 0 heterocycles. The zero-order valence-corrected chi connectivity index (χ0v) is 13.8. The second-order valence-corrected chi connectivity index (χ2v) is 6.79. The molecule has 0 radical (unpaired) electrons. The first kappa shape index (κ1) is 15.0. The van der Waals surface area contributed by atoms with Crippen molar-refractivity contribution in [3.05, 3.63) is 82.9 Å². The highest BCUT2D eigenvalue weighted by Gasteiger charge is 2.26. The van der Waals surface area contributed by atoms with Gasteiger partial charge in [0.25, 0.3) is 0 Å². The average Bonchev–Trinajstić information content (AvgIpc) is 2.54. The highest BCUT2D eigenvalue weighted by Crippen LogP contribution is 2.32. The first-order valence-electron chi connectivity index (χ1n) is 7.42. The molecule has 1 aliphatic carbocycles. The summed E-state index contributed by atoms with van der Waals surface area (Å²) in [6.45, 7) is 0. The molecular weight excluding hydrogens is 336 g/mol. The Balaban J connectivity index is 1.92. The van der Waals surface area contributed by atoms with E-state index in [0.717, 1.165) is 35.1 Å². The van der Waals surface area contributed by atoms with Crippen molar-refractivity contribution in [3.8, 4) is 0 Å². The highest BCUT2D eigenvalue weighted by molar-refractivity contribution is 9.09. The van der Waals surface area contributed by atoms with Gasteiger partial charge in [0.2, 0.25) is 0 Å². The lowest BCUT2D eigenvalue weighted by Crippen LogP contribution is -2.19. The van der Waals surface area contributed by atoms with Crippen LogP contribution in [0.4, 0.5) is 0 Å². The number of Topliss-reactive ketones (excluding diaryl/α,β-unsaturated/α-hetero) is 1. The standard InChI is InChI=1S/C20H17BrO/c21-19-13-17(11-15-7-3-1-4-8-15)20(22)18(14-19)12-16-9-5-2-6-10-16/h1-12,19H,13-14H2/b17-11+,18-12+. The van der Waals surface area contributed by atoms with E-state index in [-0.39, 0.29) is 5.78 Å². The summed E-state index contributed by atoms with van der Waals surface area (Å²) in [5.41, 5.74) is 3.90. The van der Waals surface area contributed by atoms with Gasteiger partial charge in [-0.1, -0.05) is 76.6 Å². The first-order valence-corrected chi connectivity index (χ1v) is 8.34. The minimum atomic E-state index is 0.170. The van der Waals surface area contributed by atoms with Gasteiger partial charge in [0, 0.05) is 16.0 Å². The molecule has 0 spiro atoms. The molecule has 2 aromatic rings. The fourth-order valence-electron chi connectivity index (χ4n) is 2.69. The Morgan fingerprint density at radius 3 is 1.59 bits per heavy atom. The number of hydrogen-bond acceptors (Lipinski definition) is 1. The molecule has 1 saturated carbocycles. The summed E-state index contributed by atoms with van der Waals surface area (Å²) < 4.78 is 0. The van der Waals surface area contributed by atoms with Gasteiger partial charge >= 0.3 is 0 Å². The number of alkyl halides is 1. The van der Waals surface area contributed by atoms with Gasteiger partial charge in [0.05, 0.1) is 0 Å². The van der Waals surface area contributed by atoms with Gasteiger partial charge in [0.1, 0.15) is 0 Å². The van der Waals surface area contributed by atoms with E-state index in [2.05, 4.69) is 15.9 Å². The first-order chi connectivity index (χ1) is 10.7. The molecule has 0 atom stereocenters. The Kier molecular flexibility index (Phi) is 4.69. The van der Waals surface area contributed by atoms with E-state index < -0.39 is 0 Å². The van der Waals surface area contributed by atoms with E-state index in [0.29, 0.717) is 4.83 Å². The van der Waals surface area contributed by atoms with Crippen LogP contribution in [0, 0.1) is 0 Å². The zero-order chi connectivity index (χ0) is 15.4. The summed E-state index contributed by atoms with van der Waals surface area (Å²) in [5.74, 6) is 0.170. The Hall–Kier alpha value is -1.93. The van der Waals surface area contributed by atoms with Crippen LogP contribution in [0.2, 0.25) is 0 Å². The second-order valence-electron chi connectivity index (χ2n) is 5.50. The third-order valence-electron chi connectivity index (χ3n) is 3.75. The molecule has 0 aromatic heterocycles. The van der Waals surface area contributed by atoms with Crippen molar-refractivity contribution in [1.29, 1.82) is 0 Å². The molecule has 2 aromatic carbocycles. The molecule has 1 nitrogen and oxygen atoms in total. The van der Waals surface area contributed by atoms with Crippen molar-refractivity contribution in [2.75, 3.05) is 0 Å². The molecule has 1 fully saturated rings. The van der Waals surface area contributed by atoms with E-state index in [1.807, 2.05) is 72.8 Å². The fraction of sp³-hybridized carbons (Fsp3) is 0.150. The molecule has 0 amide bonds. The van der Waals surface area contributed by atoms with Crippen LogP contribution < -0.4 is 0 Å². The van der Waals surface area contributed by atoms with Gasteiger partial charge < -0.3 is 0 Å². The van der Waals surface area contributed by atoms with Crippen LogP contribution in [0.15, 0.2) is 71.8 Å². The van der Waals surface area contributed by atoms with Crippen LogP contribution >= 0.6 is 15.9 Å². The number of rotatable bonds is 2. The van der Waals surface area contributed by atoms with Crippen LogP contribution in [0.3, 0.4) is 0 Å². The summed E-state index contributed by atoms with van der Waals surface area (Å²) in [4.78, 5) is 13.0. The van der Waals surface area contributed by atoms with Gasteiger partial charge in [-0.15, -0.1) is 0 Å². The summed E-state index contributed by atoms with van der Waals surface area (Å²) in [7, 11) is 0. The van der Waals surface area contributed by atoms with Crippen molar-refractivity contribution in [2.45, 2.75) is 17.7 Å².